The summed E-state index contributed by atoms with van der Waals surface area (Å²) in [5, 5.41) is 0.289. The average molecular weight is 526 g/mol. The molecule has 2 fully saturated rings. The Morgan fingerprint density at radius 2 is 2.03 bits per heavy atom. The predicted octanol–water partition coefficient (Wildman–Crippen LogP) is 2.55. The number of ether oxygens (including phenoxy) is 1. The minimum atomic E-state index is -3.54. The fourth-order valence-corrected chi connectivity index (χ4v) is 5.83. The van der Waals surface area contributed by atoms with E-state index in [0.717, 1.165) is 25.8 Å². The van der Waals surface area contributed by atoms with E-state index < -0.39 is 39.7 Å². The van der Waals surface area contributed by atoms with Gasteiger partial charge in [-0.3, -0.25) is 19.4 Å². The van der Waals surface area contributed by atoms with E-state index in [9.17, 15) is 13.2 Å². The van der Waals surface area contributed by atoms with Crippen LogP contribution in [-0.4, -0.2) is 68.7 Å². The van der Waals surface area contributed by atoms with Gasteiger partial charge in [0.15, 0.2) is 0 Å². The van der Waals surface area contributed by atoms with Crippen LogP contribution in [0.5, 0.6) is 5.75 Å². The molecule has 190 valence electrons. The Bertz CT molecular complexity index is 1230. The second-order valence-electron chi connectivity index (χ2n) is 9.35. The van der Waals surface area contributed by atoms with Gasteiger partial charge in [-0.05, 0) is 50.7 Å². The van der Waals surface area contributed by atoms with Crippen molar-refractivity contribution in [2.75, 3.05) is 38.2 Å². The van der Waals surface area contributed by atoms with Gasteiger partial charge in [-0.25, -0.2) is 12.8 Å². The van der Waals surface area contributed by atoms with Crippen molar-refractivity contribution in [1.82, 2.24) is 14.8 Å². The lowest BCUT2D eigenvalue weighted by molar-refractivity contribution is -0.122. The number of nitrogens with two attached hydrogens (primary N) is 1. The van der Waals surface area contributed by atoms with Gasteiger partial charge < -0.3 is 15.4 Å². The molecule has 3 heterocycles. The van der Waals surface area contributed by atoms with E-state index >= 15 is 4.39 Å². The molecule has 4 atom stereocenters. The third kappa shape index (κ3) is 5.85. The number of amides is 1. The number of benzene rings is 1. The van der Waals surface area contributed by atoms with Gasteiger partial charge >= 0.3 is 0 Å². The number of rotatable bonds is 7. The van der Waals surface area contributed by atoms with Gasteiger partial charge in [0.1, 0.15) is 17.7 Å². The van der Waals surface area contributed by atoms with E-state index in [-0.39, 0.29) is 28.9 Å². The molecule has 2 aromatic rings. The molecule has 12 heteroatoms. The first-order chi connectivity index (χ1) is 16.4. The molecule has 35 heavy (non-hydrogen) atoms. The number of likely N-dealkylation sites (N-methyl/N-ethyl adjacent to an activating group) is 1. The van der Waals surface area contributed by atoms with E-state index in [2.05, 4.69) is 14.6 Å². The highest BCUT2D eigenvalue weighted by Gasteiger charge is 2.45. The number of carbonyl (C=O) groups is 1. The van der Waals surface area contributed by atoms with Crippen molar-refractivity contribution in [2.24, 2.45) is 11.7 Å². The Hall–Kier alpha value is -2.47. The number of carbonyl (C=O) groups excluding carboxylic acids is 1. The highest BCUT2D eigenvalue weighted by molar-refractivity contribution is 7.92. The van der Waals surface area contributed by atoms with Gasteiger partial charge in [0, 0.05) is 30.2 Å². The molecule has 3 N–H and O–H groups in total. The number of nitrogens with zero attached hydrogens (tertiary/aromatic N) is 3. The first-order valence-corrected chi connectivity index (χ1v) is 13.5. The lowest BCUT2D eigenvalue weighted by Crippen LogP contribution is -2.30. The van der Waals surface area contributed by atoms with Crippen molar-refractivity contribution in [3.8, 4) is 5.75 Å². The molecule has 0 radical (unpaired) electrons. The van der Waals surface area contributed by atoms with Gasteiger partial charge in [-0.1, -0.05) is 11.6 Å². The minimum Gasteiger partial charge on any atom is -0.487 e. The number of sulfonamides is 1. The summed E-state index contributed by atoms with van der Waals surface area (Å²) in [6.07, 6.45) is 3.63. The maximum atomic E-state index is 15.2. The molecule has 1 amide bonds. The second-order valence-corrected chi connectivity index (χ2v) is 11.5. The molecule has 3 unspecified atom stereocenters. The Morgan fingerprint density at radius 3 is 2.63 bits per heavy atom. The highest BCUT2D eigenvalue weighted by atomic mass is 35.5. The molecule has 1 aromatic carbocycles. The topological polar surface area (TPSA) is 118 Å². The number of likely N-dealkylation sites (tertiary alicyclic amines) is 2. The van der Waals surface area contributed by atoms with Crippen LogP contribution in [0.1, 0.15) is 36.2 Å². The number of primary amides is 1. The summed E-state index contributed by atoms with van der Waals surface area (Å²) in [5.74, 6) is -1.38. The Labute approximate surface area is 209 Å². The molecule has 4 rings (SSSR count). The normalized spacial score (nSPS) is 25.6. The van der Waals surface area contributed by atoms with Crippen LogP contribution < -0.4 is 15.2 Å². The van der Waals surface area contributed by atoms with Crippen molar-refractivity contribution >= 4 is 33.2 Å². The van der Waals surface area contributed by atoms with Crippen LogP contribution in [0.4, 0.5) is 10.1 Å². The maximum Gasteiger partial charge on any atom is 0.229 e. The van der Waals surface area contributed by atoms with E-state index in [1.807, 2.05) is 11.9 Å². The molecular weight excluding hydrogens is 497 g/mol. The number of nitrogens with one attached hydrogen (secondary N) is 1. The van der Waals surface area contributed by atoms with Crippen LogP contribution in [0.25, 0.3) is 0 Å². The number of hydrogen-bond acceptors (Lipinski definition) is 7. The fraction of sp³-hybridized carbons (Fsp3) is 0.478. The summed E-state index contributed by atoms with van der Waals surface area (Å²) < 4.78 is 46.9. The molecule has 2 aliphatic rings. The molecule has 2 aliphatic heterocycles. The first kappa shape index (κ1) is 25.6. The highest BCUT2D eigenvalue weighted by Crippen LogP contribution is 2.47. The lowest BCUT2D eigenvalue weighted by atomic mass is 9.92. The van der Waals surface area contributed by atoms with Gasteiger partial charge in [0.05, 0.1) is 35.8 Å². The predicted molar refractivity (Wildman–Crippen MR) is 131 cm³/mol. The Balaban J connectivity index is 1.61. The van der Waals surface area contributed by atoms with Crippen LogP contribution in [0.3, 0.4) is 0 Å². The summed E-state index contributed by atoms with van der Waals surface area (Å²) in [5.41, 5.74) is 6.76. The van der Waals surface area contributed by atoms with E-state index in [1.54, 1.807) is 19.2 Å². The number of anilines is 1. The van der Waals surface area contributed by atoms with Crippen LogP contribution in [0.15, 0.2) is 30.5 Å². The Morgan fingerprint density at radius 1 is 1.29 bits per heavy atom. The molecule has 0 saturated carbocycles. The Kier molecular flexibility index (Phi) is 7.23. The van der Waals surface area contributed by atoms with Crippen molar-refractivity contribution in [1.29, 1.82) is 0 Å². The number of aromatic nitrogens is 1. The summed E-state index contributed by atoms with van der Waals surface area (Å²) in [7, 11) is 0.219. The SMILES string of the molecule is CN1CC[C@H](Oc2cnc(C3CC(C(N)=O)C(c4cc(Cl)cc(NS(C)(=O)=O)c4)N3C)c(F)c2)C1. The van der Waals surface area contributed by atoms with Crippen LogP contribution in [0.2, 0.25) is 5.02 Å². The minimum absolute atomic E-state index is 0.0117. The summed E-state index contributed by atoms with van der Waals surface area (Å²) in [6, 6.07) is 4.96. The smallest absolute Gasteiger partial charge is 0.229 e. The molecule has 0 bridgehead atoms. The second kappa shape index (κ2) is 9.88. The van der Waals surface area contributed by atoms with Crippen molar-refractivity contribution in [2.45, 2.75) is 31.0 Å². The summed E-state index contributed by atoms with van der Waals surface area (Å²) in [4.78, 5) is 20.7. The third-order valence-corrected chi connectivity index (χ3v) is 7.35. The van der Waals surface area contributed by atoms with E-state index in [0.29, 0.717) is 11.3 Å². The van der Waals surface area contributed by atoms with Crippen molar-refractivity contribution in [3.05, 3.63) is 52.6 Å². The van der Waals surface area contributed by atoms with Crippen molar-refractivity contribution < 1.29 is 22.3 Å². The molecule has 9 nitrogen and oxygen atoms in total. The summed E-state index contributed by atoms with van der Waals surface area (Å²) in [6.45, 7) is 1.69. The molecule has 0 spiro atoms. The monoisotopic (exact) mass is 525 g/mol. The van der Waals surface area contributed by atoms with E-state index in [4.69, 9.17) is 22.1 Å². The van der Waals surface area contributed by atoms with Crippen LogP contribution in [0, 0.1) is 11.7 Å². The van der Waals surface area contributed by atoms with Gasteiger partial charge in [-0.2, -0.15) is 0 Å². The van der Waals surface area contributed by atoms with Crippen LogP contribution >= 0.6 is 11.6 Å². The fourth-order valence-electron chi connectivity index (χ4n) is 5.04. The number of hydrogen-bond donors (Lipinski definition) is 2. The third-order valence-electron chi connectivity index (χ3n) is 6.53. The molecule has 1 aromatic heterocycles. The quantitative estimate of drug-likeness (QED) is 0.570. The first-order valence-electron chi connectivity index (χ1n) is 11.2. The van der Waals surface area contributed by atoms with Crippen molar-refractivity contribution in [3.63, 3.8) is 0 Å². The van der Waals surface area contributed by atoms with E-state index in [1.165, 1.54) is 18.3 Å². The standard InChI is InChI=1S/C23H29ClFN5O4S/c1-29-5-4-16(12-29)34-17-9-19(25)21(27-11-17)20-10-18(23(26)31)22(30(20)2)13-6-14(24)8-15(7-13)28-35(3,32)33/h6-9,11,16,18,20,22,28H,4-5,10,12H2,1-3H3,(H2,26,31)/t16-,18?,20?,22?/m0/s1. The van der Waals surface area contributed by atoms with Gasteiger partial charge in [0.25, 0.3) is 0 Å². The summed E-state index contributed by atoms with van der Waals surface area (Å²) >= 11 is 6.25. The zero-order chi connectivity index (χ0) is 25.5. The lowest BCUT2D eigenvalue weighted by Gasteiger charge is -2.28. The average Bonchev–Trinajstić information content (AvgIpc) is 3.29. The molecule has 0 aliphatic carbocycles. The largest absolute Gasteiger partial charge is 0.487 e. The van der Waals surface area contributed by atoms with Gasteiger partial charge in [0.2, 0.25) is 15.9 Å². The van der Waals surface area contributed by atoms with Crippen LogP contribution in [-0.2, 0) is 14.8 Å². The number of halogens is 2. The number of pyridine rings is 1. The molecular formula is C23H29ClFN5O4S. The zero-order valence-corrected chi connectivity index (χ0v) is 21.3. The van der Waals surface area contributed by atoms with Gasteiger partial charge in [-0.15, -0.1) is 0 Å². The zero-order valence-electron chi connectivity index (χ0n) is 19.7. The molecule has 2 saturated heterocycles. The maximum absolute atomic E-state index is 15.2.